The van der Waals surface area contributed by atoms with Gasteiger partial charge in [-0.15, -0.1) is 0 Å². The average Bonchev–Trinajstić information content (AvgIpc) is 2.21. The van der Waals surface area contributed by atoms with Crippen LogP contribution in [0.15, 0.2) is 54.9 Å². The second kappa shape index (κ2) is 3.72. The van der Waals surface area contributed by atoms with Crippen LogP contribution in [0.1, 0.15) is 0 Å². The SMILES string of the molecule is c1ccc(Nc2ccncc2)cc1. The first kappa shape index (κ1) is 7.80. The molecule has 0 bridgehead atoms. The lowest BCUT2D eigenvalue weighted by molar-refractivity contribution is 1.32. The largest absolute Gasteiger partial charge is 0.355 e. The van der Waals surface area contributed by atoms with E-state index < -0.39 is 0 Å². The summed E-state index contributed by atoms with van der Waals surface area (Å²) < 4.78 is 0. The molecule has 1 aromatic heterocycles. The van der Waals surface area contributed by atoms with Crippen LogP contribution < -0.4 is 5.32 Å². The molecular formula is C11H10N2. The third kappa shape index (κ3) is 2.06. The molecule has 13 heavy (non-hydrogen) atoms. The molecule has 0 aliphatic carbocycles. The van der Waals surface area contributed by atoms with E-state index in [4.69, 9.17) is 0 Å². The van der Waals surface area contributed by atoms with Crippen LogP contribution >= 0.6 is 0 Å². The predicted molar refractivity (Wildman–Crippen MR) is 54.0 cm³/mol. The summed E-state index contributed by atoms with van der Waals surface area (Å²) in [5.41, 5.74) is 2.15. The molecule has 0 aliphatic heterocycles. The van der Waals surface area contributed by atoms with Crippen molar-refractivity contribution in [2.75, 3.05) is 5.32 Å². The maximum atomic E-state index is 3.95. The number of nitrogens with zero attached hydrogens (tertiary/aromatic N) is 1. The fourth-order valence-electron chi connectivity index (χ4n) is 1.12. The molecule has 0 saturated heterocycles. The highest BCUT2D eigenvalue weighted by molar-refractivity contribution is 5.58. The van der Waals surface area contributed by atoms with Crippen molar-refractivity contribution in [3.05, 3.63) is 54.9 Å². The number of aromatic nitrogens is 1. The highest BCUT2D eigenvalue weighted by Crippen LogP contribution is 2.13. The number of para-hydroxylation sites is 1. The van der Waals surface area contributed by atoms with Crippen molar-refractivity contribution in [3.63, 3.8) is 0 Å². The first-order chi connectivity index (χ1) is 6.45. The van der Waals surface area contributed by atoms with Crippen molar-refractivity contribution >= 4 is 11.4 Å². The van der Waals surface area contributed by atoms with Gasteiger partial charge in [0.15, 0.2) is 0 Å². The molecule has 1 heterocycles. The van der Waals surface area contributed by atoms with E-state index in [9.17, 15) is 0 Å². The molecule has 1 aromatic carbocycles. The van der Waals surface area contributed by atoms with Gasteiger partial charge in [-0.25, -0.2) is 0 Å². The maximum absolute atomic E-state index is 3.95. The minimum absolute atomic E-state index is 1.06. The molecule has 2 heteroatoms. The normalized spacial score (nSPS) is 9.54. The van der Waals surface area contributed by atoms with Gasteiger partial charge in [-0.2, -0.15) is 0 Å². The molecule has 0 aliphatic rings. The summed E-state index contributed by atoms with van der Waals surface area (Å²) in [5, 5.41) is 3.26. The molecular weight excluding hydrogens is 160 g/mol. The fraction of sp³-hybridized carbons (Fsp3) is 0. The minimum Gasteiger partial charge on any atom is -0.355 e. The lowest BCUT2D eigenvalue weighted by Crippen LogP contribution is -1.88. The second-order valence-electron chi connectivity index (χ2n) is 2.73. The molecule has 2 nitrogen and oxygen atoms in total. The van der Waals surface area contributed by atoms with Crippen molar-refractivity contribution in [2.24, 2.45) is 0 Å². The molecule has 2 rings (SSSR count). The number of hydrogen-bond donors (Lipinski definition) is 1. The van der Waals surface area contributed by atoms with Gasteiger partial charge in [0, 0.05) is 23.8 Å². The van der Waals surface area contributed by atoms with E-state index in [1.165, 1.54) is 0 Å². The maximum Gasteiger partial charge on any atom is 0.0415 e. The van der Waals surface area contributed by atoms with Crippen molar-refractivity contribution in [3.8, 4) is 0 Å². The van der Waals surface area contributed by atoms with Gasteiger partial charge >= 0.3 is 0 Å². The molecule has 0 amide bonds. The first-order valence-corrected chi connectivity index (χ1v) is 4.17. The number of benzene rings is 1. The van der Waals surface area contributed by atoms with Crippen LogP contribution in [-0.4, -0.2) is 4.98 Å². The van der Waals surface area contributed by atoms with Crippen LogP contribution in [0.5, 0.6) is 0 Å². The minimum atomic E-state index is 1.06. The summed E-state index contributed by atoms with van der Waals surface area (Å²) >= 11 is 0. The molecule has 0 unspecified atom stereocenters. The second-order valence-corrected chi connectivity index (χ2v) is 2.73. The third-order valence-electron chi connectivity index (χ3n) is 1.74. The van der Waals surface area contributed by atoms with Gasteiger partial charge in [0.05, 0.1) is 0 Å². The fourth-order valence-corrected chi connectivity index (χ4v) is 1.12. The number of rotatable bonds is 2. The monoisotopic (exact) mass is 170 g/mol. The van der Waals surface area contributed by atoms with E-state index in [1.807, 2.05) is 42.5 Å². The zero-order valence-corrected chi connectivity index (χ0v) is 7.14. The predicted octanol–water partition coefficient (Wildman–Crippen LogP) is 2.83. The highest BCUT2D eigenvalue weighted by atomic mass is 14.9. The summed E-state index contributed by atoms with van der Waals surface area (Å²) in [4.78, 5) is 3.95. The van der Waals surface area contributed by atoms with Gasteiger partial charge in [0.2, 0.25) is 0 Å². The highest BCUT2D eigenvalue weighted by Gasteiger charge is 1.90. The summed E-state index contributed by atoms with van der Waals surface area (Å²) in [6.07, 6.45) is 3.54. The van der Waals surface area contributed by atoms with E-state index in [0.717, 1.165) is 11.4 Å². The zero-order valence-electron chi connectivity index (χ0n) is 7.14. The number of anilines is 2. The van der Waals surface area contributed by atoms with E-state index in [0.29, 0.717) is 0 Å². The molecule has 1 N–H and O–H groups in total. The molecule has 0 spiro atoms. The lowest BCUT2D eigenvalue weighted by atomic mass is 10.3. The Morgan fingerprint density at radius 3 is 2.08 bits per heavy atom. The Hall–Kier alpha value is -1.83. The molecule has 2 aromatic rings. The molecule has 0 saturated carbocycles. The van der Waals surface area contributed by atoms with Gasteiger partial charge in [0.1, 0.15) is 0 Å². The molecule has 0 radical (unpaired) electrons. The van der Waals surface area contributed by atoms with Gasteiger partial charge in [0.25, 0.3) is 0 Å². The third-order valence-corrected chi connectivity index (χ3v) is 1.74. The summed E-state index contributed by atoms with van der Waals surface area (Å²) in [6.45, 7) is 0. The van der Waals surface area contributed by atoms with Gasteiger partial charge in [-0.1, -0.05) is 18.2 Å². The number of nitrogens with one attached hydrogen (secondary N) is 1. The van der Waals surface area contributed by atoms with Gasteiger partial charge in [-0.3, -0.25) is 4.98 Å². The Labute approximate surface area is 77.3 Å². The standard InChI is InChI=1S/C11H10N2/c1-2-4-10(5-3-1)13-11-6-8-12-9-7-11/h1-9H,(H,12,13). The number of hydrogen-bond acceptors (Lipinski definition) is 2. The van der Waals surface area contributed by atoms with E-state index in [2.05, 4.69) is 10.3 Å². The Morgan fingerprint density at radius 2 is 1.38 bits per heavy atom. The Morgan fingerprint density at radius 1 is 0.769 bits per heavy atom. The van der Waals surface area contributed by atoms with Crippen molar-refractivity contribution in [1.29, 1.82) is 0 Å². The first-order valence-electron chi connectivity index (χ1n) is 4.17. The number of pyridine rings is 1. The van der Waals surface area contributed by atoms with E-state index in [-0.39, 0.29) is 0 Å². The molecule has 0 atom stereocenters. The Kier molecular flexibility index (Phi) is 2.23. The van der Waals surface area contributed by atoms with Crippen LogP contribution in [0.25, 0.3) is 0 Å². The van der Waals surface area contributed by atoms with Gasteiger partial charge < -0.3 is 5.32 Å². The van der Waals surface area contributed by atoms with Crippen LogP contribution in [0.3, 0.4) is 0 Å². The summed E-state index contributed by atoms with van der Waals surface area (Å²) in [5.74, 6) is 0. The molecule has 0 fully saturated rings. The zero-order chi connectivity index (χ0) is 8.93. The summed E-state index contributed by atoms with van der Waals surface area (Å²) in [6, 6.07) is 13.9. The van der Waals surface area contributed by atoms with Crippen molar-refractivity contribution < 1.29 is 0 Å². The Bertz CT molecular complexity index is 319. The summed E-state index contributed by atoms with van der Waals surface area (Å²) in [7, 11) is 0. The molecule has 64 valence electrons. The van der Waals surface area contributed by atoms with Crippen molar-refractivity contribution in [2.45, 2.75) is 0 Å². The van der Waals surface area contributed by atoms with Gasteiger partial charge in [-0.05, 0) is 24.3 Å². The van der Waals surface area contributed by atoms with Crippen LogP contribution in [0.2, 0.25) is 0 Å². The van der Waals surface area contributed by atoms with Crippen molar-refractivity contribution in [1.82, 2.24) is 4.98 Å². The van der Waals surface area contributed by atoms with Crippen LogP contribution in [-0.2, 0) is 0 Å². The Balaban J connectivity index is 2.16. The van der Waals surface area contributed by atoms with E-state index >= 15 is 0 Å². The quantitative estimate of drug-likeness (QED) is 0.749. The average molecular weight is 170 g/mol. The smallest absolute Gasteiger partial charge is 0.0415 e. The van der Waals surface area contributed by atoms with Crippen LogP contribution in [0, 0.1) is 0 Å². The van der Waals surface area contributed by atoms with Crippen LogP contribution in [0.4, 0.5) is 11.4 Å². The van der Waals surface area contributed by atoms with E-state index in [1.54, 1.807) is 12.4 Å². The topological polar surface area (TPSA) is 24.9 Å². The lowest BCUT2D eigenvalue weighted by Gasteiger charge is -2.04.